The molecule has 0 saturated heterocycles. The van der Waals surface area contributed by atoms with Crippen molar-refractivity contribution in [2.45, 2.75) is 26.4 Å². The van der Waals surface area contributed by atoms with E-state index in [0.29, 0.717) is 12.3 Å². The zero-order chi connectivity index (χ0) is 16.6. The first-order valence-corrected chi connectivity index (χ1v) is 7.37. The van der Waals surface area contributed by atoms with E-state index in [0.717, 1.165) is 22.9 Å². The number of benzene rings is 1. The first-order chi connectivity index (χ1) is 10.9. The Hall–Kier alpha value is -2.76. The van der Waals surface area contributed by atoms with Gasteiger partial charge in [0.05, 0.1) is 6.04 Å². The summed E-state index contributed by atoms with van der Waals surface area (Å²) in [6, 6.07) is 8.17. The second-order valence-corrected chi connectivity index (χ2v) is 5.75. The molecule has 1 aliphatic heterocycles. The van der Waals surface area contributed by atoms with Gasteiger partial charge in [-0.15, -0.1) is 0 Å². The van der Waals surface area contributed by atoms with Crippen LogP contribution in [-0.4, -0.2) is 22.2 Å². The molecule has 2 aromatic rings. The fraction of sp³-hybridized carbons (Fsp3) is 0.294. The third-order valence-corrected chi connectivity index (χ3v) is 3.90. The molecule has 0 bridgehead atoms. The molecule has 0 spiro atoms. The van der Waals surface area contributed by atoms with Crippen LogP contribution in [0.4, 0.5) is 0 Å². The Bertz CT molecular complexity index is 826. The van der Waals surface area contributed by atoms with Crippen molar-refractivity contribution in [2.24, 2.45) is 0 Å². The Kier molecular flexibility index (Phi) is 3.82. The van der Waals surface area contributed by atoms with Gasteiger partial charge in [0.25, 0.3) is 5.56 Å². The lowest BCUT2D eigenvalue weighted by Crippen LogP contribution is -2.35. The number of aryl methyl sites for hydroxylation is 2. The Labute approximate surface area is 133 Å². The van der Waals surface area contributed by atoms with Crippen molar-refractivity contribution in [3.05, 3.63) is 57.5 Å². The highest BCUT2D eigenvalue weighted by molar-refractivity contribution is 5.76. The SMILES string of the molecule is Cc1ccc2c(c1)[C@H](NC(=O)Cn1c(C)cc(O)cc1=O)CO2. The van der Waals surface area contributed by atoms with Gasteiger partial charge in [-0.05, 0) is 26.0 Å². The number of aromatic hydroxyl groups is 1. The number of carbonyl (C=O) groups excluding carboxylic acids is 1. The molecule has 0 aliphatic carbocycles. The molecule has 2 N–H and O–H groups in total. The van der Waals surface area contributed by atoms with E-state index in [1.54, 1.807) is 6.92 Å². The summed E-state index contributed by atoms with van der Waals surface area (Å²) < 4.78 is 6.89. The number of nitrogens with one attached hydrogen (secondary N) is 1. The highest BCUT2D eigenvalue weighted by Crippen LogP contribution is 2.32. The summed E-state index contributed by atoms with van der Waals surface area (Å²) in [4.78, 5) is 24.1. The molecule has 2 heterocycles. The molecular formula is C17H18N2O4. The molecule has 6 heteroatoms. The molecule has 0 radical (unpaired) electrons. The largest absolute Gasteiger partial charge is 0.508 e. The number of nitrogens with zero attached hydrogens (tertiary/aromatic N) is 1. The molecule has 1 aromatic carbocycles. The maximum absolute atomic E-state index is 12.3. The number of amides is 1. The highest BCUT2D eigenvalue weighted by atomic mass is 16.5. The van der Waals surface area contributed by atoms with Gasteiger partial charge in [0.1, 0.15) is 24.7 Å². The van der Waals surface area contributed by atoms with E-state index < -0.39 is 5.56 Å². The average molecular weight is 314 g/mol. The van der Waals surface area contributed by atoms with Gasteiger partial charge in [0.15, 0.2) is 0 Å². The predicted octanol–water partition coefficient (Wildman–Crippen LogP) is 1.42. The molecule has 3 rings (SSSR count). The summed E-state index contributed by atoms with van der Waals surface area (Å²) in [5, 5.41) is 12.3. The maximum atomic E-state index is 12.3. The smallest absolute Gasteiger partial charge is 0.254 e. The number of aromatic nitrogens is 1. The number of ether oxygens (including phenoxy) is 1. The van der Waals surface area contributed by atoms with Crippen molar-refractivity contribution in [1.29, 1.82) is 0 Å². The van der Waals surface area contributed by atoms with E-state index in [2.05, 4.69) is 5.32 Å². The van der Waals surface area contributed by atoms with Gasteiger partial charge < -0.3 is 19.7 Å². The second kappa shape index (κ2) is 5.79. The van der Waals surface area contributed by atoms with E-state index in [-0.39, 0.29) is 24.2 Å². The summed E-state index contributed by atoms with van der Waals surface area (Å²) in [5.74, 6) is 0.403. The minimum atomic E-state index is -0.406. The lowest BCUT2D eigenvalue weighted by Gasteiger charge is -2.14. The number of hydrogen-bond acceptors (Lipinski definition) is 4. The quantitative estimate of drug-likeness (QED) is 0.898. The van der Waals surface area contributed by atoms with Crippen LogP contribution in [0.2, 0.25) is 0 Å². The van der Waals surface area contributed by atoms with Crippen LogP contribution in [-0.2, 0) is 11.3 Å². The summed E-state index contributed by atoms with van der Waals surface area (Å²) >= 11 is 0. The zero-order valence-corrected chi connectivity index (χ0v) is 13.0. The van der Waals surface area contributed by atoms with Gasteiger partial charge in [-0.25, -0.2) is 0 Å². The van der Waals surface area contributed by atoms with E-state index >= 15 is 0 Å². The van der Waals surface area contributed by atoms with Crippen LogP contribution >= 0.6 is 0 Å². The number of hydrogen-bond donors (Lipinski definition) is 2. The zero-order valence-electron chi connectivity index (χ0n) is 13.0. The van der Waals surface area contributed by atoms with Crippen molar-refractivity contribution in [2.75, 3.05) is 6.61 Å². The van der Waals surface area contributed by atoms with E-state index in [4.69, 9.17) is 4.74 Å². The molecule has 23 heavy (non-hydrogen) atoms. The Balaban J connectivity index is 1.75. The number of carbonyl (C=O) groups is 1. The first-order valence-electron chi connectivity index (χ1n) is 7.37. The van der Waals surface area contributed by atoms with E-state index in [1.807, 2.05) is 25.1 Å². The molecule has 0 fully saturated rings. The van der Waals surface area contributed by atoms with Crippen LogP contribution in [0.15, 0.2) is 35.1 Å². The highest BCUT2D eigenvalue weighted by Gasteiger charge is 2.25. The van der Waals surface area contributed by atoms with Gasteiger partial charge in [-0.2, -0.15) is 0 Å². The molecular weight excluding hydrogens is 296 g/mol. The van der Waals surface area contributed by atoms with Crippen LogP contribution in [0, 0.1) is 13.8 Å². The summed E-state index contributed by atoms with van der Waals surface area (Å²) in [7, 11) is 0. The topological polar surface area (TPSA) is 80.6 Å². The predicted molar refractivity (Wildman–Crippen MR) is 84.7 cm³/mol. The van der Waals surface area contributed by atoms with Crippen molar-refractivity contribution in [3.63, 3.8) is 0 Å². The lowest BCUT2D eigenvalue weighted by atomic mass is 10.1. The van der Waals surface area contributed by atoms with Crippen molar-refractivity contribution in [1.82, 2.24) is 9.88 Å². The minimum absolute atomic E-state index is 0.0946. The van der Waals surface area contributed by atoms with Crippen LogP contribution in [0.5, 0.6) is 11.5 Å². The maximum Gasteiger partial charge on any atom is 0.254 e. The number of rotatable bonds is 3. The van der Waals surface area contributed by atoms with Gasteiger partial charge in [0, 0.05) is 17.3 Å². The fourth-order valence-electron chi connectivity index (χ4n) is 2.75. The average Bonchev–Trinajstić information content (AvgIpc) is 2.85. The molecule has 120 valence electrons. The van der Waals surface area contributed by atoms with Crippen molar-refractivity contribution >= 4 is 5.91 Å². The third kappa shape index (κ3) is 3.06. The standard InChI is InChI=1S/C17H18N2O4/c1-10-3-4-15-13(5-10)14(9-23-15)18-16(21)8-19-11(2)6-12(20)7-17(19)22/h3-7,14,20H,8-9H2,1-2H3,(H,18,21)/t14-/m1/s1. The lowest BCUT2D eigenvalue weighted by molar-refractivity contribution is -0.122. The van der Waals surface area contributed by atoms with Crippen LogP contribution in [0.3, 0.4) is 0 Å². The summed E-state index contributed by atoms with van der Waals surface area (Å²) in [6.45, 7) is 3.94. The molecule has 0 unspecified atom stereocenters. The number of fused-ring (bicyclic) bond motifs is 1. The van der Waals surface area contributed by atoms with E-state index in [1.165, 1.54) is 10.6 Å². The molecule has 1 aromatic heterocycles. The number of pyridine rings is 1. The molecule has 1 amide bonds. The molecule has 1 atom stereocenters. The van der Waals surface area contributed by atoms with Gasteiger partial charge in [-0.3, -0.25) is 9.59 Å². The minimum Gasteiger partial charge on any atom is -0.508 e. The Morgan fingerprint density at radius 1 is 1.35 bits per heavy atom. The summed E-state index contributed by atoms with van der Waals surface area (Å²) in [5.41, 5.74) is 2.17. The van der Waals surface area contributed by atoms with Gasteiger partial charge >= 0.3 is 0 Å². The van der Waals surface area contributed by atoms with Crippen molar-refractivity contribution < 1.29 is 14.6 Å². The second-order valence-electron chi connectivity index (χ2n) is 5.75. The van der Waals surface area contributed by atoms with Crippen LogP contribution < -0.4 is 15.6 Å². The Morgan fingerprint density at radius 3 is 2.87 bits per heavy atom. The van der Waals surface area contributed by atoms with Crippen LogP contribution in [0.25, 0.3) is 0 Å². The third-order valence-electron chi connectivity index (χ3n) is 3.90. The van der Waals surface area contributed by atoms with Crippen LogP contribution in [0.1, 0.15) is 22.9 Å². The van der Waals surface area contributed by atoms with E-state index in [9.17, 15) is 14.7 Å². The fourth-order valence-corrected chi connectivity index (χ4v) is 2.75. The first kappa shape index (κ1) is 15.1. The Morgan fingerprint density at radius 2 is 2.13 bits per heavy atom. The monoisotopic (exact) mass is 314 g/mol. The molecule has 0 saturated carbocycles. The van der Waals surface area contributed by atoms with Gasteiger partial charge in [0.2, 0.25) is 5.91 Å². The van der Waals surface area contributed by atoms with Gasteiger partial charge in [-0.1, -0.05) is 17.7 Å². The normalized spacial score (nSPS) is 15.8. The summed E-state index contributed by atoms with van der Waals surface area (Å²) in [6.07, 6.45) is 0. The molecule has 6 nitrogen and oxygen atoms in total. The molecule has 1 aliphatic rings. The van der Waals surface area contributed by atoms with Crippen molar-refractivity contribution in [3.8, 4) is 11.5 Å².